The first kappa shape index (κ1) is 13.4. The Morgan fingerprint density at radius 2 is 2.10 bits per heavy atom. The van der Waals surface area contributed by atoms with Crippen molar-refractivity contribution >= 4 is 11.6 Å². The first-order valence-electron chi connectivity index (χ1n) is 7.64. The zero-order valence-corrected chi connectivity index (χ0v) is 12.0. The van der Waals surface area contributed by atoms with Crippen molar-refractivity contribution in [2.24, 2.45) is 16.9 Å². The Morgan fingerprint density at radius 3 is 2.85 bits per heavy atom. The smallest absolute Gasteiger partial charge is 0.274 e. The topological polar surface area (TPSA) is 54.6 Å². The molecule has 1 aromatic rings. The molecule has 1 N–H and O–H groups in total. The van der Waals surface area contributed by atoms with Crippen LogP contribution in [0.2, 0.25) is 0 Å². The number of fused-ring (bicyclic) bond motifs is 1. The van der Waals surface area contributed by atoms with Crippen LogP contribution in [0.15, 0.2) is 21.8 Å². The van der Waals surface area contributed by atoms with Crippen molar-refractivity contribution in [3.8, 4) is 0 Å². The number of carbonyl (C=O) groups excluding carboxylic acids is 1. The summed E-state index contributed by atoms with van der Waals surface area (Å²) in [5.41, 5.74) is 4.41. The minimum Gasteiger partial charge on any atom is -0.469 e. The molecule has 0 saturated heterocycles. The first-order chi connectivity index (χ1) is 9.74. The van der Waals surface area contributed by atoms with Crippen molar-refractivity contribution in [2.75, 3.05) is 0 Å². The number of carbonyl (C=O) groups is 1. The number of nitrogens with one attached hydrogen (secondary N) is 1. The Balaban J connectivity index is 1.59. The van der Waals surface area contributed by atoms with Gasteiger partial charge in [-0.15, -0.1) is 0 Å². The summed E-state index contributed by atoms with van der Waals surface area (Å²) in [5, 5.41) is 4.35. The monoisotopic (exact) mass is 274 g/mol. The van der Waals surface area contributed by atoms with Crippen LogP contribution < -0.4 is 5.43 Å². The van der Waals surface area contributed by atoms with E-state index in [9.17, 15) is 4.79 Å². The maximum atomic E-state index is 12.0. The molecule has 0 radical (unpaired) electrons. The van der Waals surface area contributed by atoms with Gasteiger partial charge in [-0.2, -0.15) is 5.10 Å². The highest BCUT2D eigenvalue weighted by atomic mass is 16.3. The van der Waals surface area contributed by atoms with Crippen LogP contribution in [0.3, 0.4) is 0 Å². The van der Waals surface area contributed by atoms with Gasteiger partial charge in [0, 0.05) is 5.71 Å². The summed E-state index contributed by atoms with van der Waals surface area (Å²) in [4.78, 5) is 12.0. The van der Waals surface area contributed by atoms with Crippen molar-refractivity contribution in [1.29, 1.82) is 0 Å². The highest BCUT2D eigenvalue weighted by Gasteiger charge is 2.30. The molecule has 3 rings (SSSR count). The Kier molecular flexibility index (Phi) is 3.90. The fourth-order valence-electron chi connectivity index (χ4n) is 3.60. The Morgan fingerprint density at radius 1 is 1.30 bits per heavy atom. The van der Waals surface area contributed by atoms with Gasteiger partial charge >= 0.3 is 0 Å². The molecule has 1 aromatic heterocycles. The predicted octanol–water partition coefficient (Wildman–Crippen LogP) is 3.66. The van der Waals surface area contributed by atoms with E-state index >= 15 is 0 Å². The number of hydrogen-bond acceptors (Lipinski definition) is 3. The van der Waals surface area contributed by atoms with Crippen LogP contribution >= 0.6 is 0 Å². The maximum Gasteiger partial charge on any atom is 0.274 e. The first-order valence-corrected chi connectivity index (χ1v) is 7.64. The fourth-order valence-corrected chi connectivity index (χ4v) is 3.60. The molecule has 4 nitrogen and oxygen atoms in total. The van der Waals surface area contributed by atoms with Gasteiger partial charge in [0.1, 0.15) is 5.76 Å². The lowest BCUT2D eigenvalue weighted by Crippen LogP contribution is -2.29. The van der Waals surface area contributed by atoms with E-state index in [1.54, 1.807) is 13.0 Å². The van der Waals surface area contributed by atoms with Crippen LogP contribution in [0.4, 0.5) is 0 Å². The molecule has 0 aliphatic heterocycles. The van der Waals surface area contributed by atoms with E-state index in [0.29, 0.717) is 11.3 Å². The number of rotatable bonds is 2. The lowest BCUT2D eigenvalue weighted by Gasteiger charge is -2.35. The molecule has 2 aliphatic carbocycles. The summed E-state index contributed by atoms with van der Waals surface area (Å²) in [7, 11) is 0. The normalized spacial score (nSPS) is 28.1. The van der Waals surface area contributed by atoms with E-state index in [1.165, 1.54) is 38.4 Å². The second-order valence-corrected chi connectivity index (χ2v) is 6.06. The van der Waals surface area contributed by atoms with Crippen LogP contribution in [0.1, 0.15) is 61.1 Å². The molecule has 20 heavy (non-hydrogen) atoms. The number of amides is 1. The standard InChI is InChI=1S/C16H22N2O2/c1-11-15(8-9-20-11)16(19)18-17-14-7-6-12-4-2-3-5-13(12)10-14/h8-9,12-13H,2-7,10H2,1H3,(H,18,19)/b17-14-/t12-,13-/m1/s1. The number of aryl methyl sites for hydroxylation is 1. The largest absolute Gasteiger partial charge is 0.469 e. The van der Waals surface area contributed by atoms with Crippen molar-refractivity contribution in [1.82, 2.24) is 5.43 Å². The zero-order valence-electron chi connectivity index (χ0n) is 12.0. The second-order valence-electron chi connectivity index (χ2n) is 6.06. The van der Waals surface area contributed by atoms with Gasteiger partial charge in [-0.25, -0.2) is 5.43 Å². The third-order valence-electron chi connectivity index (χ3n) is 4.79. The summed E-state index contributed by atoms with van der Waals surface area (Å²) in [6.07, 6.45) is 10.3. The maximum absolute atomic E-state index is 12.0. The molecule has 1 heterocycles. The Hall–Kier alpha value is -1.58. The van der Waals surface area contributed by atoms with Crippen LogP contribution in [0.25, 0.3) is 0 Å². The van der Waals surface area contributed by atoms with Gasteiger partial charge < -0.3 is 4.42 Å². The number of hydrogen-bond donors (Lipinski definition) is 1. The summed E-state index contributed by atoms with van der Waals surface area (Å²) in [6, 6.07) is 1.68. The minimum atomic E-state index is -0.172. The van der Waals surface area contributed by atoms with Gasteiger partial charge in [0.2, 0.25) is 0 Å². The molecular formula is C16H22N2O2. The summed E-state index contributed by atoms with van der Waals surface area (Å²) < 4.78 is 5.14. The third kappa shape index (κ3) is 2.79. The van der Waals surface area contributed by atoms with Gasteiger partial charge in [0.15, 0.2) is 0 Å². The van der Waals surface area contributed by atoms with Gasteiger partial charge in [0.25, 0.3) is 5.91 Å². The predicted molar refractivity (Wildman–Crippen MR) is 77.6 cm³/mol. The fraction of sp³-hybridized carbons (Fsp3) is 0.625. The van der Waals surface area contributed by atoms with E-state index in [4.69, 9.17) is 4.42 Å². The van der Waals surface area contributed by atoms with Crippen molar-refractivity contribution in [3.05, 3.63) is 23.7 Å². The molecule has 0 unspecified atom stereocenters. The van der Waals surface area contributed by atoms with Crippen molar-refractivity contribution in [2.45, 2.75) is 51.9 Å². The minimum absolute atomic E-state index is 0.172. The molecule has 108 valence electrons. The van der Waals surface area contributed by atoms with Crippen molar-refractivity contribution in [3.63, 3.8) is 0 Å². The van der Waals surface area contributed by atoms with Crippen LogP contribution in [0, 0.1) is 18.8 Å². The lowest BCUT2D eigenvalue weighted by molar-refractivity contribution is 0.0952. The number of nitrogens with zero attached hydrogens (tertiary/aromatic N) is 1. The quantitative estimate of drug-likeness (QED) is 0.837. The highest BCUT2D eigenvalue weighted by molar-refractivity contribution is 5.96. The highest BCUT2D eigenvalue weighted by Crippen LogP contribution is 2.39. The lowest BCUT2D eigenvalue weighted by atomic mass is 9.70. The van der Waals surface area contributed by atoms with E-state index in [1.807, 2.05) is 0 Å². The SMILES string of the molecule is Cc1occc1C(=O)N/N=C1/CC[C@H]2CCCC[C@@H]2C1. The number of furan rings is 1. The molecule has 4 heteroatoms. The third-order valence-corrected chi connectivity index (χ3v) is 4.79. The molecule has 2 saturated carbocycles. The van der Waals surface area contributed by atoms with Gasteiger partial charge in [-0.3, -0.25) is 4.79 Å². The van der Waals surface area contributed by atoms with Crippen LogP contribution in [-0.2, 0) is 0 Å². The molecular weight excluding hydrogens is 252 g/mol. The van der Waals surface area contributed by atoms with Crippen molar-refractivity contribution < 1.29 is 9.21 Å². The molecule has 2 fully saturated rings. The molecule has 0 bridgehead atoms. The second kappa shape index (κ2) is 5.81. The molecule has 1 amide bonds. The summed E-state index contributed by atoms with van der Waals surface area (Å²) >= 11 is 0. The average Bonchev–Trinajstić information content (AvgIpc) is 2.91. The van der Waals surface area contributed by atoms with E-state index < -0.39 is 0 Å². The van der Waals surface area contributed by atoms with Crippen LogP contribution in [0.5, 0.6) is 0 Å². The van der Waals surface area contributed by atoms with Gasteiger partial charge in [-0.05, 0) is 50.5 Å². The van der Waals surface area contributed by atoms with Gasteiger partial charge in [-0.1, -0.05) is 19.3 Å². The van der Waals surface area contributed by atoms with Crippen LogP contribution in [-0.4, -0.2) is 11.6 Å². The Bertz CT molecular complexity index is 518. The molecule has 2 aliphatic rings. The molecule has 0 spiro atoms. The molecule has 0 aromatic carbocycles. The number of hydrazone groups is 1. The summed E-state index contributed by atoms with van der Waals surface area (Å²) in [6.45, 7) is 1.79. The summed E-state index contributed by atoms with van der Waals surface area (Å²) in [5.74, 6) is 2.16. The van der Waals surface area contributed by atoms with Gasteiger partial charge in [0.05, 0.1) is 11.8 Å². The van der Waals surface area contributed by atoms with E-state index in [2.05, 4.69) is 10.5 Å². The molecule has 2 atom stereocenters. The van der Waals surface area contributed by atoms with E-state index in [-0.39, 0.29) is 5.91 Å². The average molecular weight is 274 g/mol. The zero-order chi connectivity index (χ0) is 13.9. The Labute approximate surface area is 119 Å². The van der Waals surface area contributed by atoms with E-state index in [0.717, 1.165) is 30.4 Å².